The first-order valence-corrected chi connectivity index (χ1v) is 7.40. The zero-order valence-corrected chi connectivity index (χ0v) is 12.3. The fraction of sp³-hybridized carbons (Fsp3) is 0.929. The number of likely N-dealkylation sites (tertiary alicyclic amines) is 1. The van der Waals surface area contributed by atoms with Crippen LogP contribution >= 0.6 is 12.4 Å². The van der Waals surface area contributed by atoms with Gasteiger partial charge < -0.3 is 15.0 Å². The second-order valence-corrected chi connectivity index (χ2v) is 6.11. The number of carbonyl (C=O) groups is 1. The van der Waals surface area contributed by atoms with Gasteiger partial charge in [0.15, 0.2) is 0 Å². The molecule has 0 aromatic carbocycles. The quantitative estimate of drug-likeness (QED) is 0.796. The lowest BCUT2D eigenvalue weighted by Crippen LogP contribution is -2.48. The largest absolute Gasteiger partial charge is 0.368 e. The monoisotopic (exact) mass is 288 g/mol. The molecule has 3 aliphatic heterocycles. The molecule has 4 nitrogen and oxygen atoms in total. The lowest BCUT2D eigenvalue weighted by atomic mass is 9.77. The number of piperidine rings is 1. The fourth-order valence-electron chi connectivity index (χ4n) is 3.56. The molecule has 3 aliphatic rings. The van der Waals surface area contributed by atoms with Crippen LogP contribution in [-0.4, -0.2) is 49.7 Å². The van der Waals surface area contributed by atoms with Gasteiger partial charge >= 0.3 is 0 Å². The summed E-state index contributed by atoms with van der Waals surface area (Å²) in [6.45, 7) is 4.92. The van der Waals surface area contributed by atoms with Gasteiger partial charge in [0, 0.05) is 26.2 Å². The maximum absolute atomic E-state index is 12.3. The maximum Gasteiger partial charge on any atom is 0.251 e. The van der Waals surface area contributed by atoms with E-state index in [0.29, 0.717) is 5.41 Å². The van der Waals surface area contributed by atoms with Crippen molar-refractivity contribution >= 4 is 18.3 Å². The van der Waals surface area contributed by atoms with Gasteiger partial charge in [-0.25, -0.2) is 0 Å². The Morgan fingerprint density at radius 2 is 2.00 bits per heavy atom. The minimum Gasteiger partial charge on any atom is -0.368 e. The zero-order valence-electron chi connectivity index (χ0n) is 11.5. The summed E-state index contributed by atoms with van der Waals surface area (Å²) < 4.78 is 5.61. The molecule has 1 unspecified atom stereocenters. The molecule has 1 amide bonds. The summed E-state index contributed by atoms with van der Waals surface area (Å²) in [5, 5.41) is 3.46. The molecule has 1 N–H and O–H groups in total. The highest BCUT2D eigenvalue weighted by Crippen LogP contribution is 2.37. The molecule has 0 aromatic heterocycles. The minimum absolute atomic E-state index is 0. The van der Waals surface area contributed by atoms with Crippen molar-refractivity contribution in [2.45, 2.75) is 44.6 Å². The van der Waals surface area contributed by atoms with E-state index in [2.05, 4.69) is 5.32 Å². The summed E-state index contributed by atoms with van der Waals surface area (Å²) in [6, 6.07) is 0. The molecule has 0 radical (unpaired) electrons. The van der Waals surface area contributed by atoms with Crippen molar-refractivity contribution in [3.63, 3.8) is 0 Å². The van der Waals surface area contributed by atoms with Crippen LogP contribution in [-0.2, 0) is 9.53 Å². The molecule has 3 fully saturated rings. The van der Waals surface area contributed by atoms with Gasteiger partial charge in [-0.2, -0.15) is 0 Å². The third kappa shape index (κ3) is 3.23. The Balaban J connectivity index is 0.00000133. The van der Waals surface area contributed by atoms with E-state index in [0.717, 1.165) is 52.0 Å². The van der Waals surface area contributed by atoms with Crippen LogP contribution in [0, 0.1) is 5.41 Å². The first kappa shape index (κ1) is 15.1. The van der Waals surface area contributed by atoms with Gasteiger partial charge in [0.25, 0.3) is 5.91 Å². The van der Waals surface area contributed by atoms with Crippen molar-refractivity contribution in [1.29, 1.82) is 0 Å². The molecule has 0 saturated carbocycles. The average molecular weight is 289 g/mol. The van der Waals surface area contributed by atoms with Gasteiger partial charge in [-0.1, -0.05) is 0 Å². The van der Waals surface area contributed by atoms with Crippen molar-refractivity contribution in [2.24, 2.45) is 5.41 Å². The van der Waals surface area contributed by atoms with Crippen molar-refractivity contribution in [1.82, 2.24) is 10.2 Å². The van der Waals surface area contributed by atoms with Crippen molar-refractivity contribution in [2.75, 3.05) is 32.8 Å². The van der Waals surface area contributed by atoms with E-state index in [1.54, 1.807) is 0 Å². The molecule has 3 rings (SSSR count). The molecule has 3 saturated heterocycles. The average Bonchev–Trinajstić information content (AvgIpc) is 2.88. The molecular formula is C14H25ClN2O2. The van der Waals surface area contributed by atoms with E-state index < -0.39 is 0 Å². The van der Waals surface area contributed by atoms with E-state index >= 15 is 0 Å². The van der Waals surface area contributed by atoms with Crippen LogP contribution in [0.5, 0.6) is 0 Å². The zero-order chi connectivity index (χ0) is 12.4. The van der Waals surface area contributed by atoms with E-state index in [1.165, 1.54) is 19.3 Å². The van der Waals surface area contributed by atoms with Gasteiger partial charge in [-0.05, 0) is 50.5 Å². The predicted molar refractivity (Wildman–Crippen MR) is 76.6 cm³/mol. The van der Waals surface area contributed by atoms with Crippen molar-refractivity contribution in [3.8, 4) is 0 Å². The molecule has 5 heteroatoms. The summed E-state index contributed by atoms with van der Waals surface area (Å²) in [4.78, 5) is 14.4. The van der Waals surface area contributed by atoms with Crippen LogP contribution in [0.2, 0.25) is 0 Å². The van der Waals surface area contributed by atoms with Crippen LogP contribution in [0.15, 0.2) is 0 Å². The summed E-state index contributed by atoms with van der Waals surface area (Å²) in [7, 11) is 0. The number of rotatable bonds is 1. The molecule has 19 heavy (non-hydrogen) atoms. The predicted octanol–water partition coefficient (Wildman–Crippen LogP) is 1.58. The first-order valence-electron chi connectivity index (χ1n) is 7.40. The second-order valence-electron chi connectivity index (χ2n) is 6.11. The standard InChI is InChI=1S/C14H24N2O2.ClH/c17-13(12-3-1-2-10-18-12)16-8-5-14(6-9-16)4-7-15-11-14;/h12,15H,1-11H2;1H. The van der Waals surface area contributed by atoms with Crippen LogP contribution in [0.25, 0.3) is 0 Å². The van der Waals surface area contributed by atoms with Crippen LogP contribution in [0.3, 0.4) is 0 Å². The number of nitrogens with zero attached hydrogens (tertiary/aromatic N) is 1. The van der Waals surface area contributed by atoms with Gasteiger partial charge in [0.1, 0.15) is 6.10 Å². The lowest BCUT2D eigenvalue weighted by Gasteiger charge is -2.40. The van der Waals surface area contributed by atoms with E-state index in [4.69, 9.17) is 4.74 Å². The van der Waals surface area contributed by atoms with Gasteiger partial charge in [0.2, 0.25) is 0 Å². The van der Waals surface area contributed by atoms with Crippen LogP contribution in [0.1, 0.15) is 38.5 Å². The smallest absolute Gasteiger partial charge is 0.251 e. The Morgan fingerprint density at radius 3 is 2.58 bits per heavy atom. The first-order chi connectivity index (χ1) is 8.79. The summed E-state index contributed by atoms with van der Waals surface area (Å²) >= 11 is 0. The highest BCUT2D eigenvalue weighted by molar-refractivity contribution is 5.85. The molecular weight excluding hydrogens is 264 g/mol. The Hall–Kier alpha value is -0.320. The number of nitrogens with one attached hydrogen (secondary N) is 1. The van der Waals surface area contributed by atoms with E-state index in [-0.39, 0.29) is 24.4 Å². The van der Waals surface area contributed by atoms with Crippen molar-refractivity contribution in [3.05, 3.63) is 0 Å². The summed E-state index contributed by atoms with van der Waals surface area (Å²) in [6.07, 6.45) is 6.64. The highest BCUT2D eigenvalue weighted by atomic mass is 35.5. The highest BCUT2D eigenvalue weighted by Gasteiger charge is 2.39. The second kappa shape index (κ2) is 6.42. The Kier molecular flexibility index (Phi) is 5.09. The molecule has 0 aliphatic carbocycles. The fourth-order valence-corrected chi connectivity index (χ4v) is 3.56. The van der Waals surface area contributed by atoms with Crippen molar-refractivity contribution < 1.29 is 9.53 Å². The Bertz CT molecular complexity index is 303. The summed E-state index contributed by atoms with van der Waals surface area (Å²) in [5.74, 6) is 0.246. The van der Waals surface area contributed by atoms with Crippen LogP contribution in [0.4, 0.5) is 0 Å². The number of halogens is 1. The lowest BCUT2D eigenvalue weighted by molar-refractivity contribution is -0.148. The molecule has 1 atom stereocenters. The topological polar surface area (TPSA) is 41.6 Å². The molecule has 110 valence electrons. The normalized spacial score (nSPS) is 30.1. The summed E-state index contributed by atoms with van der Waals surface area (Å²) in [5.41, 5.74) is 0.490. The number of hydrogen-bond acceptors (Lipinski definition) is 3. The minimum atomic E-state index is -0.144. The third-order valence-corrected chi connectivity index (χ3v) is 4.92. The maximum atomic E-state index is 12.3. The van der Waals surface area contributed by atoms with Gasteiger partial charge in [-0.15, -0.1) is 12.4 Å². The molecule has 3 heterocycles. The van der Waals surface area contributed by atoms with E-state index in [9.17, 15) is 4.79 Å². The Morgan fingerprint density at radius 1 is 1.21 bits per heavy atom. The Labute approximate surface area is 121 Å². The number of hydrogen-bond donors (Lipinski definition) is 1. The number of amides is 1. The molecule has 1 spiro atoms. The molecule has 0 aromatic rings. The van der Waals surface area contributed by atoms with Gasteiger partial charge in [-0.3, -0.25) is 4.79 Å². The van der Waals surface area contributed by atoms with E-state index in [1.807, 2.05) is 4.90 Å². The number of ether oxygens (including phenoxy) is 1. The van der Waals surface area contributed by atoms with Gasteiger partial charge in [0.05, 0.1) is 0 Å². The number of carbonyl (C=O) groups excluding carboxylic acids is 1. The third-order valence-electron chi connectivity index (χ3n) is 4.92. The SMILES string of the molecule is Cl.O=C(C1CCCCO1)N1CCC2(CCNC2)CC1. The van der Waals surface area contributed by atoms with Crippen LogP contribution < -0.4 is 5.32 Å². The molecule has 0 bridgehead atoms.